The molecule has 2 rings (SSSR count). The molecule has 0 aliphatic carbocycles. The molecule has 29 heavy (non-hydrogen) atoms. The van der Waals surface area contributed by atoms with Crippen LogP contribution < -0.4 is 19.1 Å². The van der Waals surface area contributed by atoms with Crippen LogP contribution in [0.4, 0.5) is 11.4 Å². The van der Waals surface area contributed by atoms with Gasteiger partial charge in [-0.25, -0.2) is 8.42 Å². The second-order valence-corrected chi connectivity index (χ2v) is 8.90. The number of carbonyl (C=O) groups excluding carboxylic acids is 1. The van der Waals surface area contributed by atoms with Crippen LogP contribution in [0.5, 0.6) is 11.5 Å². The van der Waals surface area contributed by atoms with Gasteiger partial charge in [0.2, 0.25) is 15.9 Å². The number of hydrogen-bond donors (Lipinski definition) is 1. The summed E-state index contributed by atoms with van der Waals surface area (Å²) in [5, 5.41) is 2.88. The Morgan fingerprint density at radius 2 is 1.55 bits per heavy atom. The number of sulfonamides is 1. The first-order valence-corrected chi connectivity index (χ1v) is 10.9. The molecule has 1 atom stereocenters. The Labute approximate surface area is 172 Å². The Kier molecular flexibility index (Phi) is 6.79. The highest BCUT2D eigenvalue weighted by atomic mass is 32.2. The third-order valence-electron chi connectivity index (χ3n) is 4.64. The van der Waals surface area contributed by atoms with Gasteiger partial charge in [0.25, 0.3) is 0 Å². The van der Waals surface area contributed by atoms with E-state index in [0.29, 0.717) is 22.9 Å². The van der Waals surface area contributed by atoms with E-state index < -0.39 is 22.0 Å². The SMILES string of the molecule is COc1ccc(N([C@@H](C)C(=O)Nc2c(C)cc(C)cc2C)S(C)(=O)=O)cc1OC. The van der Waals surface area contributed by atoms with Crippen molar-refractivity contribution in [2.45, 2.75) is 33.7 Å². The third-order valence-corrected chi connectivity index (χ3v) is 5.88. The summed E-state index contributed by atoms with van der Waals surface area (Å²) in [6.07, 6.45) is 1.07. The van der Waals surface area contributed by atoms with E-state index in [1.54, 1.807) is 19.1 Å². The van der Waals surface area contributed by atoms with Crippen molar-refractivity contribution in [3.05, 3.63) is 47.0 Å². The second-order valence-electron chi connectivity index (χ2n) is 7.04. The largest absolute Gasteiger partial charge is 0.493 e. The molecule has 7 nitrogen and oxygen atoms in total. The summed E-state index contributed by atoms with van der Waals surface area (Å²) in [5.41, 5.74) is 3.92. The standard InChI is InChI=1S/C21H28N2O5S/c1-13-10-14(2)20(15(3)11-13)22-21(24)16(4)23(29(7,25)26)17-8-9-18(27-5)19(12-17)28-6/h8-12,16H,1-7H3,(H,22,24)/t16-/m0/s1. The Morgan fingerprint density at radius 1 is 1.00 bits per heavy atom. The van der Waals surface area contributed by atoms with E-state index in [9.17, 15) is 13.2 Å². The van der Waals surface area contributed by atoms with Gasteiger partial charge in [-0.1, -0.05) is 17.7 Å². The zero-order valence-electron chi connectivity index (χ0n) is 17.9. The lowest BCUT2D eigenvalue weighted by atomic mass is 10.0. The van der Waals surface area contributed by atoms with Crippen molar-refractivity contribution in [2.75, 3.05) is 30.1 Å². The molecule has 2 aromatic carbocycles. The molecule has 0 fully saturated rings. The van der Waals surface area contributed by atoms with Crippen LogP contribution in [0.15, 0.2) is 30.3 Å². The molecule has 8 heteroatoms. The van der Waals surface area contributed by atoms with Gasteiger partial charge >= 0.3 is 0 Å². The molecule has 0 saturated heterocycles. The normalized spacial score (nSPS) is 12.2. The molecular formula is C21H28N2O5S. The molecule has 0 saturated carbocycles. The van der Waals surface area contributed by atoms with Gasteiger partial charge in [0.05, 0.1) is 26.2 Å². The average molecular weight is 421 g/mol. The molecule has 0 aliphatic heterocycles. The van der Waals surface area contributed by atoms with Crippen molar-refractivity contribution < 1.29 is 22.7 Å². The number of benzene rings is 2. The Hall–Kier alpha value is -2.74. The van der Waals surface area contributed by atoms with Gasteiger partial charge in [0.1, 0.15) is 6.04 Å². The van der Waals surface area contributed by atoms with E-state index in [-0.39, 0.29) is 0 Å². The van der Waals surface area contributed by atoms with E-state index in [2.05, 4.69) is 5.32 Å². The summed E-state index contributed by atoms with van der Waals surface area (Å²) in [6.45, 7) is 7.34. The first-order valence-electron chi connectivity index (χ1n) is 9.09. The molecule has 1 N–H and O–H groups in total. The molecule has 0 unspecified atom stereocenters. The number of anilines is 2. The quantitative estimate of drug-likeness (QED) is 0.742. The maximum atomic E-state index is 13.0. The summed E-state index contributed by atoms with van der Waals surface area (Å²) < 4.78 is 36.6. The lowest BCUT2D eigenvalue weighted by Gasteiger charge is -2.29. The summed E-state index contributed by atoms with van der Waals surface area (Å²) >= 11 is 0. The number of aryl methyl sites for hydroxylation is 3. The van der Waals surface area contributed by atoms with Crippen LogP contribution in [-0.2, 0) is 14.8 Å². The maximum absolute atomic E-state index is 13.0. The minimum absolute atomic E-state index is 0.310. The van der Waals surface area contributed by atoms with Crippen LogP contribution in [0.25, 0.3) is 0 Å². The predicted octanol–water partition coefficient (Wildman–Crippen LogP) is 3.42. The Morgan fingerprint density at radius 3 is 2.03 bits per heavy atom. The van der Waals surface area contributed by atoms with Crippen LogP contribution in [0, 0.1) is 20.8 Å². The molecule has 0 spiro atoms. The van der Waals surface area contributed by atoms with Crippen LogP contribution in [-0.4, -0.2) is 40.8 Å². The predicted molar refractivity (Wildman–Crippen MR) is 116 cm³/mol. The highest BCUT2D eigenvalue weighted by Crippen LogP contribution is 2.33. The molecule has 0 heterocycles. The van der Waals surface area contributed by atoms with Crippen molar-refractivity contribution in [3.63, 3.8) is 0 Å². The van der Waals surface area contributed by atoms with Crippen molar-refractivity contribution in [1.29, 1.82) is 0 Å². The van der Waals surface area contributed by atoms with Crippen LogP contribution in [0.3, 0.4) is 0 Å². The molecule has 158 valence electrons. The number of nitrogens with zero attached hydrogens (tertiary/aromatic N) is 1. The molecular weight excluding hydrogens is 392 g/mol. The van der Waals surface area contributed by atoms with Gasteiger partial charge in [-0.2, -0.15) is 0 Å². The van der Waals surface area contributed by atoms with E-state index in [1.807, 2.05) is 32.9 Å². The van der Waals surface area contributed by atoms with Crippen molar-refractivity contribution in [3.8, 4) is 11.5 Å². The number of hydrogen-bond acceptors (Lipinski definition) is 5. The van der Waals surface area contributed by atoms with Gasteiger partial charge in [0, 0.05) is 11.8 Å². The summed E-state index contributed by atoms with van der Waals surface area (Å²) in [5.74, 6) is 0.407. The lowest BCUT2D eigenvalue weighted by Crippen LogP contribution is -2.45. The van der Waals surface area contributed by atoms with Gasteiger partial charge in [-0.15, -0.1) is 0 Å². The number of rotatable bonds is 7. The molecule has 1 amide bonds. The number of carbonyl (C=O) groups is 1. The van der Waals surface area contributed by atoms with E-state index in [1.165, 1.54) is 20.3 Å². The number of nitrogens with one attached hydrogen (secondary N) is 1. The number of ether oxygens (including phenoxy) is 2. The van der Waals surface area contributed by atoms with Gasteiger partial charge in [0.15, 0.2) is 11.5 Å². The van der Waals surface area contributed by atoms with E-state index in [0.717, 1.165) is 27.3 Å². The maximum Gasteiger partial charge on any atom is 0.248 e. The van der Waals surface area contributed by atoms with Gasteiger partial charge < -0.3 is 14.8 Å². The highest BCUT2D eigenvalue weighted by Gasteiger charge is 2.30. The lowest BCUT2D eigenvalue weighted by molar-refractivity contribution is -0.116. The van der Waals surface area contributed by atoms with Crippen molar-refractivity contribution in [1.82, 2.24) is 0 Å². The molecule has 2 aromatic rings. The minimum Gasteiger partial charge on any atom is -0.493 e. The molecule has 0 aromatic heterocycles. The summed E-state index contributed by atoms with van der Waals surface area (Å²) in [4.78, 5) is 13.0. The monoisotopic (exact) mass is 420 g/mol. The van der Waals surface area contributed by atoms with Crippen LogP contribution in [0.2, 0.25) is 0 Å². The zero-order chi connectivity index (χ0) is 21.9. The van der Waals surface area contributed by atoms with E-state index >= 15 is 0 Å². The second kappa shape index (κ2) is 8.73. The van der Waals surface area contributed by atoms with Crippen molar-refractivity contribution >= 4 is 27.3 Å². The highest BCUT2D eigenvalue weighted by molar-refractivity contribution is 7.92. The van der Waals surface area contributed by atoms with Crippen LogP contribution in [0.1, 0.15) is 23.6 Å². The van der Waals surface area contributed by atoms with E-state index in [4.69, 9.17) is 9.47 Å². The fourth-order valence-corrected chi connectivity index (χ4v) is 4.54. The third kappa shape index (κ3) is 5.00. The minimum atomic E-state index is -3.75. The zero-order valence-corrected chi connectivity index (χ0v) is 18.7. The first kappa shape index (κ1) is 22.5. The molecule has 0 bridgehead atoms. The number of methoxy groups -OCH3 is 2. The van der Waals surface area contributed by atoms with Gasteiger partial charge in [-0.05, 0) is 51.0 Å². The molecule has 0 radical (unpaired) electrons. The summed E-state index contributed by atoms with van der Waals surface area (Å²) in [7, 11) is -0.792. The topological polar surface area (TPSA) is 84.9 Å². The summed E-state index contributed by atoms with van der Waals surface area (Å²) in [6, 6.07) is 7.67. The van der Waals surface area contributed by atoms with Gasteiger partial charge in [-0.3, -0.25) is 9.10 Å². The average Bonchev–Trinajstić information content (AvgIpc) is 2.63. The molecule has 0 aliphatic rings. The fraction of sp³-hybridized carbons (Fsp3) is 0.381. The first-order chi connectivity index (χ1) is 13.5. The Balaban J connectivity index is 2.42. The van der Waals surface area contributed by atoms with Crippen LogP contribution >= 0.6 is 0 Å². The number of amides is 1. The fourth-order valence-electron chi connectivity index (χ4n) is 3.38. The Bertz CT molecular complexity index is 995. The smallest absolute Gasteiger partial charge is 0.248 e. The van der Waals surface area contributed by atoms with Crippen molar-refractivity contribution in [2.24, 2.45) is 0 Å².